The summed E-state index contributed by atoms with van der Waals surface area (Å²) in [4.78, 5) is 13.1. The molecule has 0 spiro atoms. The van der Waals surface area contributed by atoms with Gasteiger partial charge in [-0.25, -0.2) is 18.4 Å². The molecule has 3 aromatic heterocycles. The molecule has 11 heteroatoms. The molecule has 8 nitrogen and oxygen atoms in total. The largest absolute Gasteiger partial charge is 0.491 e. The number of hydrogen-bond donors (Lipinski definition) is 0. The number of nitrogens with zero attached hydrogens (tertiary/aromatic N) is 6. The SMILES string of the molecule is COc1cn(-c2ccc(-n3cccn3)cc2F)nc(-c2ccnn2-c2cccc(Cl)c2P)c1=O. The van der Waals surface area contributed by atoms with Crippen molar-refractivity contribution in [2.45, 2.75) is 0 Å². The zero-order valence-electron chi connectivity index (χ0n) is 17.8. The van der Waals surface area contributed by atoms with E-state index in [9.17, 15) is 4.79 Å². The lowest BCUT2D eigenvalue weighted by atomic mass is 10.2. The molecule has 3 heterocycles. The van der Waals surface area contributed by atoms with Crippen molar-refractivity contribution in [1.82, 2.24) is 29.3 Å². The van der Waals surface area contributed by atoms with Gasteiger partial charge in [-0.15, -0.1) is 9.24 Å². The topological polar surface area (TPSA) is 79.8 Å². The average molecular weight is 495 g/mol. The predicted octanol–water partition coefficient (Wildman–Crippen LogP) is 3.57. The Hall–Kier alpha value is -3.81. The summed E-state index contributed by atoms with van der Waals surface area (Å²) in [6.07, 6.45) is 6.21. The van der Waals surface area contributed by atoms with Gasteiger partial charge in [0.15, 0.2) is 17.3 Å². The molecule has 0 saturated carbocycles. The predicted molar refractivity (Wildman–Crippen MR) is 130 cm³/mol. The van der Waals surface area contributed by atoms with Crippen LogP contribution >= 0.6 is 20.8 Å². The van der Waals surface area contributed by atoms with Gasteiger partial charge in [0, 0.05) is 28.8 Å². The van der Waals surface area contributed by atoms with Crippen LogP contribution in [-0.4, -0.2) is 36.5 Å². The highest BCUT2D eigenvalue weighted by Crippen LogP contribution is 2.24. The second kappa shape index (κ2) is 8.85. The first-order valence-electron chi connectivity index (χ1n) is 10.0. The van der Waals surface area contributed by atoms with E-state index in [-0.39, 0.29) is 17.1 Å². The maximum atomic E-state index is 15.1. The zero-order chi connectivity index (χ0) is 23.8. The van der Waals surface area contributed by atoms with Crippen molar-refractivity contribution >= 4 is 26.1 Å². The van der Waals surface area contributed by atoms with Crippen molar-refractivity contribution in [1.29, 1.82) is 0 Å². The minimum absolute atomic E-state index is 0.00509. The minimum atomic E-state index is -0.548. The molecule has 0 saturated heterocycles. The van der Waals surface area contributed by atoms with E-state index >= 15 is 4.39 Å². The lowest BCUT2D eigenvalue weighted by Gasteiger charge is -2.14. The molecule has 5 aromatic rings. The van der Waals surface area contributed by atoms with Gasteiger partial charge in [-0.2, -0.15) is 15.3 Å². The number of aromatic nitrogens is 6. The van der Waals surface area contributed by atoms with Crippen molar-refractivity contribution in [3.63, 3.8) is 0 Å². The van der Waals surface area contributed by atoms with Crippen LogP contribution in [0, 0.1) is 5.82 Å². The highest BCUT2D eigenvalue weighted by atomic mass is 35.5. The molecule has 2 aromatic carbocycles. The van der Waals surface area contributed by atoms with Crippen molar-refractivity contribution in [3.05, 3.63) is 94.4 Å². The lowest BCUT2D eigenvalue weighted by molar-refractivity contribution is 0.405. The van der Waals surface area contributed by atoms with Crippen molar-refractivity contribution < 1.29 is 9.13 Å². The van der Waals surface area contributed by atoms with E-state index in [2.05, 4.69) is 24.5 Å². The van der Waals surface area contributed by atoms with Gasteiger partial charge in [-0.3, -0.25) is 4.79 Å². The smallest absolute Gasteiger partial charge is 0.251 e. The van der Waals surface area contributed by atoms with Crippen LogP contribution in [0.5, 0.6) is 5.75 Å². The molecule has 1 atom stereocenters. The first kappa shape index (κ1) is 22.0. The molecular weight excluding hydrogens is 478 g/mol. The molecule has 1 unspecified atom stereocenters. The Labute approximate surface area is 200 Å². The van der Waals surface area contributed by atoms with Gasteiger partial charge >= 0.3 is 0 Å². The van der Waals surface area contributed by atoms with Crippen LogP contribution in [0.15, 0.2) is 78.1 Å². The number of ether oxygens (including phenoxy) is 1. The summed E-state index contributed by atoms with van der Waals surface area (Å²) in [6.45, 7) is 0. The van der Waals surface area contributed by atoms with Crippen LogP contribution in [0.25, 0.3) is 28.5 Å². The number of rotatable bonds is 5. The monoisotopic (exact) mass is 494 g/mol. The van der Waals surface area contributed by atoms with Gasteiger partial charge in [0.25, 0.3) is 5.43 Å². The van der Waals surface area contributed by atoms with Crippen LogP contribution in [0.3, 0.4) is 0 Å². The number of hydrogen-bond acceptors (Lipinski definition) is 5. The van der Waals surface area contributed by atoms with E-state index in [1.54, 1.807) is 64.4 Å². The first-order chi connectivity index (χ1) is 16.5. The first-order valence-corrected chi connectivity index (χ1v) is 11.0. The third-order valence-electron chi connectivity index (χ3n) is 5.20. The van der Waals surface area contributed by atoms with E-state index in [0.29, 0.717) is 27.4 Å². The van der Waals surface area contributed by atoms with Gasteiger partial charge in [-0.1, -0.05) is 17.7 Å². The number of benzene rings is 2. The van der Waals surface area contributed by atoms with E-state index in [1.807, 2.05) is 6.07 Å². The molecular formula is C23H17ClFN6O2P. The molecule has 170 valence electrons. The lowest BCUT2D eigenvalue weighted by Crippen LogP contribution is -2.19. The third-order valence-corrected chi connectivity index (χ3v) is 6.32. The fourth-order valence-electron chi connectivity index (χ4n) is 3.54. The van der Waals surface area contributed by atoms with Crippen molar-refractivity contribution in [2.75, 3.05) is 7.11 Å². The fourth-order valence-corrected chi connectivity index (χ4v) is 4.02. The van der Waals surface area contributed by atoms with Gasteiger partial charge in [0.2, 0.25) is 0 Å². The van der Waals surface area contributed by atoms with Crippen molar-refractivity contribution in [3.8, 4) is 34.2 Å². The van der Waals surface area contributed by atoms with Crippen LogP contribution in [-0.2, 0) is 0 Å². The number of methoxy groups -OCH3 is 1. The fraction of sp³-hybridized carbons (Fsp3) is 0.0435. The van der Waals surface area contributed by atoms with Crippen LogP contribution in [0.4, 0.5) is 4.39 Å². The summed E-state index contributed by atoms with van der Waals surface area (Å²) < 4.78 is 24.8. The Morgan fingerprint density at radius 1 is 1.03 bits per heavy atom. The Kier molecular flexibility index (Phi) is 5.73. The van der Waals surface area contributed by atoms with Gasteiger partial charge in [0.05, 0.1) is 36.6 Å². The highest BCUT2D eigenvalue weighted by molar-refractivity contribution is 7.28. The second-order valence-electron chi connectivity index (χ2n) is 7.21. The molecule has 0 bridgehead atoms. The summed E-state index contributed by atoms with van der Waals surface area (Å²) in [6, 6.07) is 13.3. The maximum absolute atomic E-state index is 15.1. The minimum Gasteiger partial charge on any atom is -0.491 e. The summed E-state index contributed by atoms with van der Waals surface area (Å²) in [5.74, 6) is -0.543. The van der Waals surface area contributed by atoms with E-state index < -0.39 is 11.2 Å². The molecule has 0 amide bonds. The standard InChI is InChI=1S/C23H17ClFN6O2P/c1-33-20-13-30(17-7-6-14(12-16(17)25)29-11-3-9-26-29)28-21(22(20)32)18-8-10-27-31(18)19-5-2-4-15(24)23(19)34/h2-13H,34H2,1H3. The van der Waals surface area contributed by atoms with Gasteiger partial charge in [0.1, 0.15) is 5.69 Å². The molecule has 5 rings (SSSR count). The Bertz CT molecular complexity index is 1560. The zero-order valence-corrected chi connectivity index (χ0v) is 19.7. The number of halogens is 2. The molecule has 0 radical (unpaired) electrons. The summed E-state index contributed by atoms with van der Waals surface area (Å²) in [7, 11) is 3.94. The molecule has 0 aliphatic rings. The molecule has 34 heavy (non-hydrogen) atoms. The van der Waals surface area contributed by atoms with Crippen LogP contribution in [0.1, 0.15) is 0 Å². The summed E-state index contributed by atoms with van der Waals surface area (Å²) in [5, 5.41) is 14.1. The van der Waals surface area contributed by atoms with Crippen molar-refractivity contribution in [2.24, 2.45) is 0 Å². The second-order valence-corrected chi connectivity index (χ2v) is 8.19. The Balaban J connectivity index is 1.67. The molecule has 0 aliphatic carbocycles. The van der Waals surface area contributed by atoms with E-state index in [4.69, 9.17) is 16.3 Å². The summed E-state index contributed by atoms with van der Waals surface area (Å²) >= 11 is 6.27. The molecule has 0 aliphatic heterocycles. The Morgan fingerprint density at radius 3 is 2.62 bits per heavy atom. The average Bonchev–Trinajstić information content (AvgIpc) is 3.54. The molecule has 0 fully saturated rings. The van der Waals surface area contributed by atoms with Crippen LogP contribution in [0.2, 0.25) is 5.02 Å². The van der Waals surface area contributed by atoms with Gasteiger partial charge in [-0.05, 0) is 36.4 Å². The van der Waals surface area contributed by atoms with Gasteiger partial charge < -0.3 is 4.74 Å². The third kappa shape index (κ3) is 3.79. The van der Waals surface area contributed by atoms with Crippen LogP contribution < -0.4 is 15.5 Å². The van der Waals surface area contributed by atoms with E-state index in [1.165, 1.54) is 24.1 Å². The molecule has 0 N–H and O–H groups in total. The summed E-state index contributed by atoms with van der Waals surface area (Å²) in [5.41, 5.74) is 1.32. The Morgan fingerprint density at radius 2 is 1.88 bits per heavy atom. The quantitative estimate of drug-likeness (QED) is 0.349. The normalized spacial score (nSPS) is 11.1. The maximum Gasteiger partial charge on any atom is 0.251 e. The highest BCUT2D eigenvalue weighted by Gasteiger charge is 2.20. The van der Waals surface area contributed by atoms with E-state index in [0.717, 1.165) is 0 Å².